The van der Waals surface area contributed by atoms with E-state index in [1.165, 1.54) is 14.2 Å². The highest BCUT2D eigenvalue weighted by atomic mass is 35.5. The molecule has 0 atom stereocenters. The zero-order valence-electron chi connectivity index (χ0n) is 15.4. The van der Waals surface area contributed by atoms with E-state index in [9.17, 15) is 0 Å². The van der Waals surface area contributed by atoms with E-state index in [0.29, 0.717) is 16.4 Å². The number of hydrogen-bond donors (Lipinski definition) is 1. The van der Waals surface area contributed by atoms with E-state index < -0.39 is 0 Å². The third kappa shape index (κ3) is 3.15. The number of H-pyrrole nitrogens is 1. The van der Waals surface area contributed by atoms with Crippen molar-refractivity contribution in [1.29, 1.82) is 0 Å². The summed E-state index contributed by atoms with van der Waals surface area (Å²) in [6.45, 7) is 5.26. The lowest BCUT2D eigenvalue weighted by Gasteiger charge is -2.29. The summed E-state index contributed by atoms with van der Waals surface area (Å²) in [5, 5.41) is 8.24. The van der Waals surface area contributed by atoms with Gasteiger partial charge in [0.1, 0.15) is 16.4 Å². The third-order valence-electron chi connectivity index (χ3n) is 4.61. The van der Waals surface area contributed by atoms with E-state index in [4.69, 9.17) is 30.8 Å². The molecule has 27 heavy (non-hydrogen) atoms. The number of aromatic nitrogens is 4. The van der Waals surface area contributed by atoms with Crippen molar-refractivity contribution in [1.82, 2.24) is 20.2 Å². The lowest BCUT2D eigenvalue weighted by Crippen LogP contribution is -2.36. The van der Waals surface area contributed by atoms with Gasteiger partial charge in [0.25, 0.3) is 5.88 Å². The minimum atomic E-state index is 0.221. The summed E-state index contributed by atoms with van der Waals surface area (Å²) in [5.74, 6) is 1.06. The number of hydrogen-bond acceptors (Lipinski definition) is 7. The molecule has 0 saturated carbocycles. The number of nitrogens with zero attached hydrogens (tertiary/aromatic N) is 4. The van der Waals surface area contributed by atoms with Crippen LogP contribution in [0.3, 0.4) is 0 Å². The van der Waals surface area contributed by atoms with Crippen LogP contribution in [0.15, 0.2) is 12.1 Å². The lowest BCUT2D eigenvalue weighted by molar-refractivity contribution is 0.122. The molecule has 8 nitrogen and oxygen atoms in total. The SMILES string of the molecule is COc1nnc(OC)c(-c2nc3c(C)cc(N4CCOCC4)cc3[nH]2)c1Cl. The van der Waals surface area contributed by atoms with E-state index in [1.54, 1.807) is 0 Å². The minimum Gasteiger partial charge on any atom is -0.479 e. The largest absolute Gasteiger partial charge is 0.479 e. The molecule has 1 saturated heterocycles. The van der Waals surface area contributed by atoms with Crippen LogP contribution in [0, 0.1) is 6.92 Å². The molecule has 9 heteroatoms. The number of morpholine rings is 1. The monoisotopic (exact) mass is 389 g/mol. The first-order chi connectivity index (χ1) is 13.1. The van der Waals surface area contributed by atoms with Gasteiger partial charge in [-0.25, -0.2) is 4.98 Å². The molecule has 1 aliphatic heterocycles. The lowest BCUT2D eigenvalue weighted by atomic mass is 10.1. The van der Waals surface area contributed by atoms with Gasteiger partial charge in [-0.1, -0.05) is 11.6 Å². The van der Waals surface area contributed by atoms with Gasteiger partial charge >= 0.3 is 0 Å². The number of aromatic amines is 1. The van der Waals surface area contributed by atoms with Crippen LogP contribution >= 0.6 is 11.6 Å². The smallest absolute Gasteiger partial charge is 0.253 e. The Balaban J connectivity index is 1.84. The summed E-state index contributed by atoms with van der Waals surface area (Å²) in [6.07, 6.45) is 0. The van der Waals surface area contributed by atoms with Crippen molar-refractivity contribution >= 4 is 28.3 Å². The summed E-state index contributed by atoms with van der Waals surface area (Å²) in [7, 11) is 3.00. The van der Waals surface area contributed by atoms with E-state index in [1.807, 2.05) is 6.92 Å². The molecule has 142 valence electrons. The van der Waals surface area contributed by atoms with Crippen molar-refractivity contribution in [3.8, 4) is 23.1 Å². The van der Waals surface area contributed by atoms with Crippen LogP contribution in [0.4, 0.5) is 5.69 Å². The Kier molecular flexibility index (Phi) is 4.75. The van der Waals surface area contributed by atoms with Gasteiger partial charge in [-0.15, -0.1) is 10.2 Å². The van der Waals surface area contributed by atoms with Crippen LogP contribution in [0.25, 0.3) is 22.4 Å². The molecule has 1 fully saturated rings. The van der Waals surface area contributed by atoms with Crippen molar-refractivity contribution in [2.24, 2.45) is 0 Å². The predicted molar refractivity (Wildman–Crippen MR) is 103 cm³/mol. The summed E-state index contributed by atoms with van der Waals surface area (Å²) in [4.78, 5) is 10.4. The molecule has 1 N–H and O–H groups in total. The maximum Gasteiger partial charge on any atom is 0.253 e. The zero-order valence-corrected chi connectivity index (χ0v) is 16.1. The van der Waals surface area contributed by atoms with Crippen molar-refractivity contribution in [3.63, 3.8) is 0 Å². The summed E-state index contributed by atoms with van der Waals surface area (Å²) in [6, 6.07) is 4.23. The predicted octanol–water partition coefficient (Wildman–Crippen LogP) is 2.84. The van der Waals surface area contributed by atoms with E-state index in [2.05, 4.69) is 32.2 Å². The third-order valence-corrected chi connectivity index (χ3v) is 4.97. The molecule has 2 aromatic heterocycles. The van der Waals surface area contributed by atoms with E-state index in [0.717, 1.165) is 48.6 Å². The second kappa shape index (κ2) is 7.21. The second-order valence-electron chi connectivity index (χ2n) is 6.25. The molecule has 0 unspecified atom stereocenters. The van der Waals surface area contributed by atoms with Crippen LogP contribution in [0.2, 0.25) is 5.02 Å². The van der Waals surface area contributed by atoms with Gasteiger partial charge < -0.3 is 24.1 Å². The molecule has 0 amide bonds. The van der Waals surface area contributed by atoms with Gasteiger partial charge in [-0.05, 0) is 24.6 Å². The Labute approximate surface area is 161 Å². The maximum absolute atomic E-state index is 6.46. The number of halogens is 1. The van der Waals surface area contributed by atoms with Crippen molar-refractivity contribution in [2.75, 3.05) is 45.4 Å². The van der Waals surface area contributed by atoms with Crippen LogP contribution in [-0.2, 0) is 4.74 Å². The molecule has 0 radical (unpaired) electrons. The van der Waals surface area contributed by atoms with Gasteiger partial charge in [-0.2, -0.15) is 0 Å². The summed E-state index contributed by atoms with van der Waals surface area (Å²) < 4.78 is 16.0. The van der Waals surface area contributed by atoms with Gasteiger partial charge in [0.15, 0.2) is 0 Å². The molecule has 3 aromatic rings. The second-order valence-corrected chi connectivity index (χ2v) is 6.63. The van der Waals surface area contributed by atoms with Crippen molar-refractivity contribution < 1.29 is 14.2 Å². The number of benzene rings is 1. The van der Waals surface area contributed by atoms with Crippen LogP contribution in [0.1, 0.15) is 5.56 Å². The molecule has 0 spiro atoms. The summed E-state index contributed by atoms with van der Waals surface area (Å²) >= 11 is 6.46. The van der Waals surface area contributed by atoms with Gasteiger partial charge in [-0.3, -0.25) is 0 Å². The molecule has 1 aromatic carbocycles. The standard InChI is InChI=1S/C18H20ClN5O3/c1-10-8-11(24-4-6-27-7-5-24)9-12-15(10)21-16(20-12)13-14(19)18(26-3)23-22-17(13)25-2/h8-9H,4-7H2,1-3H3,(H,20,21). The van der Waals surface area contributed by atoms with Crippen LogP contribution < -0.4 is 14.4 Å². The normalized spacial score (nSPS) is 14.6. The first-order valence-corrected chi connectivity index (χ1v) is 8.97. The topological polar surface area (TPSA) is 85.4 Å². The Morgan fingerprint density at radius 1 is 1.11 bits per heavy atom. The minimum absolute atomic E-state index is 0.221. The Bertz CT molecular complexity index is 985. The van der Waals surface area contributed by atoms with Gasteiger partial charge in [0.2, 0.25) is 5.88 Å². The number of aryl methyl sites for hydroxylation is 1. The first-order valence-electron chi connectivity index (χ1n) is 8.60. The van der Waals surface area contributed by atoms with Crippen LogP contribution in [-0.4, -0.2) is 60.7 Å². The molecule has 3 heterocycles. The number of rotatable bonds is 4. The van der Waals surface area contributed by atoms with E-state index in [-0.39, 0.29) is 11.8 Å². The number of ether oxygens (including phenoxy) is 3. The maximum atomic E-state index is 6.46. The van der Waals surface area contributed by atoms with Gasteiger partial charge in [0, 0.05) is 18.8 Å². The number of imidazole rings is 1. The Morgan fingerprint density at radius 2 is 1.81 bits per heavy atom. The fourth-order valence-electron chi connectivity index (χ4n) is 3.26. The number of fused-ring (bicyclic) bond motifs is 1. The fraction of sp³-hybridized carbons (Fsp3) is 0.389. The van der Waals surface area contributed by atoms with E-state index >= 15 is 0 Å². The van der Waals surface area contributed by atoms with Crippen molar-refractivity contribution in [2.45, 2.75) is 6.92 Å². The molecule has 0 bridgehead atoms. The number of nitrogens with one attached hydrogen (secondary N) is 1. The molecular formula is C18H20ClN5O3. The Morgan fingerprint density at radius 3 is 2.52 bits per heavy atom. The summed E-state index contributed by atoms with van der Waals surface area (Å²) in [5.41, 5.74) is 4.52. The highest BCUT2D eigenvalue weighted by Crippen LogP contribution is 2.39. The number of anilines is 1. The average Bonchev–Trinajstić information content (AvgIpc) is 3.12. The fourth-order valence-corrected chi connectivity index (χ4v) is 3.54. The van der Waals surface area contributed by atoms with Crippen LogP contribution in [0.5, 0.6) is 11.8 Å². The zero-order chi connectivity index (χ0) is 19.0. The molecule has 4 rings (SSSR count). The Hall–Kier alpha value is -2.58. The molecule has 1 aliphatic rings. The van der Waals surface area contributed by atoms with Crippen molar-refractivity contribution in [3.05, 3.63) is 22.7 Å². The highest BCUT2D eigenvalue weighted by Gasteiger charge is 2.22. The number of methoxy groups -OCH3 is 2. The molecule has 0 aliphatic carbocycles. The average molecular weight is 390 g/mol. The highest BCUT2D eigenvalue weighted by molar-refractivity contribution is 6.34. The first kappa shape index (κ1) is 17.8. The quantitative estimate of drug-likeness (QED) is 0.734. The molecular weight excluding hydrogens is 370 g/mol. The van der Waals surface area contributed by atoms with Gasteiger partial charge in [0.05, 0.1) is 38.5 Å².